The summed E-state index contributed by atoms with van der Waals surface area (Å²) in [6.45, 7) is 7.01. The van der Waals surface area contributed by atoms with Gasteiger partial charge >= 0.3 is 0 Å². The highest BCUT2D eigenvalue weighted by molar-refractivity contribution is 5.88. The van der Waals surface area contributed by atoms with E-state index in [9.17, 15) is 4.79 Å². The molecule has 3 heterocycles. The summed E-state index contributed by atoms with van der Waals surface area (Å²) in [6, 6.07) is 25.9. The van der Waals surface area contributed by atoms with Crippen LogP contribution in [0.2, 0.25) is 0 Å². The number of primary amides is 1. The largest absolute Gasteiger partial charge is 0.381 e. The molecular weight excluding hydrogens is 462 g/mol. The lowest BCUT2D eigenvalue weighted by atomic mass is 9.99. The highest BCUT2D eigenvalue weighted by Crippen LogP contribution is 2.30. The number of aryl methyl sites for hydroxylation is 1. The van der Waals surface area contributed by atoms with Crippen molar-refractivity contribution in [2.45, 2.75) is 19.9 Å². The summed E-state index contributed by atoms with van der Waals surface area (Å²) in [5, 5.41) is 4.20. The molecule has 2 fully saturated rings. The smallest absolute Gasteiger partial charge is 0.288 e. The number of aromatic nitrogens is 3. The van der Waals surface area contributed by atoms with Gasteiger partial charge in [-0.2, -0.15) is 0 Å². The van der Waals surface area contributed by atoms with Crippen molar-refractivity contribution in [1.29, 1.82) is 0 Å². The zero-order valence-electron chi connectivity index (χ0n) is 21.0. The van der Waals surface area contributed by atoms with Crippen LogP contribution in [0, 0.1) is 18.8 Å². The molecule has 37 heavy (non-hydrogen) atoms. The molecule has 4 aromatic rings. The minimum Gasteiger partial charge on any atom is -0.381 e. The van der Waals surface area contributed by atoms with Gasteiger partial charge in [-0.3, -0.25) is 9.69 Å². The van der Waals surface area contributed by atoms with E-state index in [1.807, 2.05) is 12.1 Å². The van der Waals surface area contributed by atoms with Crippen molar-refractivity contribution in [2.75, 3.05) is 26.3 Å². The molecule has 0 saturated carbocycles. The van der Waals surface area contributed by atoms with E-state index in [0.717, 1.165) is 56.8 Å². The summed E-state index contributed by atoms with van der Waals surface area (Å²) < 4.78 is 7.24. The van der Waals surface area contributed by atoms with E-state index in [1.54, 1.807) is 11.6 Å². The zero-order chi connectivity index (χ0) is 25.4. The summed E-state index contributed by atoms with van der Waals surface area (Å²) in [7, 11) is 0. The molecule has 6 rings (SSSR count). The molecule has 2 saturated heterocycles. The number of ether oxygens (including phenoxy) is 1. The van der Waals surface area contributed by atoms with Crippen molar-refractivity contribution >= 4 is 5.91 Å². The Morgan fingerprint density at radius 2 is 1.41 bits per heavy atom. The Bertz CT molecular complexity index is 1380. The average Bonchev–Trinajstić information content (AvgIpc) is 3.61. The number of benzene rings is 3. The molecule has 0 radical (unpaired) electrons. The predicted molar refractivity (Wildman–Crippen MR) is 142 cm³/mol. The van der Waals surface area contributed by atoms with Gasteiger partial charge in [-0.25, -0.2) is 9.67 Å². The Kier molecular flexibility index (Phi) is 6.32. The second-order valence-electron chi connectivity index (χ2n) is 10.2. The number of nitrogens with two attached hydrogens (primary N) is 1. The molecule has 0 unspecified atom stereocenters. The fourth-order valence-corrected chi connectivity index (χ4v) is 5.52. The van der Waals surface area contributed by atoms with Crippen molar-refractivity contribution in [3.8, 4) is 16.8 Å². The molecule has 1 aromatic heterocycles. The third-order valence-corrected chi connectivity index (χ3v) is 7.54. The lowest BCUT2D eigenvalue weighted by Gasteiger charge is -2.17. The molecule has 1 amide bonds. The highest BCUT2D eigenvalue weighted by Gasteiger charge is 2.36. The van der Waals surface area contributed by atoms with Crippen LogP contribution in [-0.4, -0.2) is 51.9 Å². The monoisotopic (exact) mass is 493 g/mol. The summed E-state index contributed by atoms with van der Waals surface area (Å²) in [4.78, 5) is 18.0. The van der Waals surface area contributed by atoms with Crippen molar-refractivity contribution in [1.82, 2.24) is 19.7 Å². The lowest BCUT2D eigenvalue weighted by Crippen LogP contribution is -2.22. The predicted octanol–water partition coefficient (Wildman–Crippen LogP) is 4.01. The number of hydrogen-bond donors (Lipinski definition) is 1. The molecule has 7 nitrogen and oxygen atoms in total. The number of carbonyl (C=O) groups excluding carboxylic acids is 1. The normalized spacial score (nSPS) is 19.3. The van der Waals surface area contributed by atoms with E-state index in [1.165, 1.54) is 27.8 Å². The minimum atomic E-state index is -0.627. The average molecular weight is 494 g/mol. The first-order valence-electron chi connectivity index (χ1n) is 12.8. The first kappa shape index (κ1) is 23.6. The van der Waals surface area contributed by atoms with Crippen molar-refractivity contribution in [2.24, 2.45) is 17.6 Å². The van der Waals surface area contributed by atoms with Gasteiger partial charge in [0.05, 0.1) is 18.9 Å². The van der Waals surface area contributed by atoms with Crippen LogP contribution in [0.4, 0.5) is 0 Å². The molecular formula is C30H31N5O2. The van der Waals surface area contributed by atoms with Gasteiger partial charge in [0.2, 0.25) is 5.82 Å². The topological polar surface area (TPSA) is 86.3 Å². The van der Waals surface area contributed by atoms with Gasteiger partial charge < -0.3 is 10.5 Å². The molecule has 0 aliphatic carbocycles. The van der Waals surface area contributed by atoms with E-state index in [0.29, 0.717) is 5.82 Å². The standard InChI is InChI=1S/C30H31N5O2/c1-20-32-30(29(31)36)33-35(20)28-12-6-22(7-13-28)14-21-2-8-24(9-3-21)25-10-4-23(5-11-25)15-34-16-26-18-37-19-27(26)17-34/h2-13,26-27H,14-19H2,1H3,(H2,31,36)/t26-,27+. The first-order chi connectivity index (χ1) is 18.0. The number of hydrogen-bond acceptors (Lipinski definition) is 5. The quantitative estimate of drug-likeness (QED) is 0.420. The second kappa shape index (κ2) is 9.92. The van der Waals surface area contributed by atoms with Crippen LogP contribution in [0.5, 0.6) is 0 Å². The molecule has 7 heteroatoms. The van der Waals surface area contributed by atoms with Gasteiger partial charge in [0, 0.05) is 31.5 Å². The van der Waals surface area contributed by atoms with Crippen LogP contribution in [0.3, 0.4) is 0 Å². The van der Waals surface area contributed by atoms with Crippen LogP contribution < -0.4 is 5.73 Å². The maximum absolute atomic E-state index is 11.4. The summed E-state index contributed by atoms with van der Waals surface area (Å²) >= 11 is 0. The molecule has 0 bridgehead atoms. The number of amides is 1. The molecule has 188 valence electrons. The Balaban J connectivity index is 1.07. The number of likely N-dealkylation sites (tertiary alicyclic amines) is 1. The third kappa shape index (κ3) is 5.05. The first-order valence-corrected chi connectivity index (χ1v) is 12.8. The van der Waals surface area contributed by atoms with Crippen molar-refractivity contribution < 1.29 is 9.53 Å². The summed E-state index contributed by atoms with van der Waals surface area (Å²) in [5.74, 6) is 1.48. The highest BCUT2D eigenvalue weighted by atomic mass is 16.5. The number of fused-ring (bicyclic) bond motifs is 1. The van der Waals surface area contributed by atoms with Gasteiger partial charge in [-0.15, -0.1) is 5.10 Å². The maximum atomic E-state index is 11.4. The SMILES string of the molecule is Cc1nc(C(N)=O)nn1-c1ccc(Cc2ccc(-c3ccc(CN4C[C@H]5COC[C@H]5C4)cc3)cc2)cc1. The van der Waals surface area contributed by atoms with Crippen LogP contribution in [0.1, 0.15) is 33.1 Å². The Labute approximate surface area is 216 Å². The lowest BCUT2D eigenvalue weighted by molar-refractivity contribution is 0.0990. The van der Waals surface area contributed by atoms with E-state index >= 15 is 0 Å². The fraction of sp³-hybridized carbons (Fsp3) is 0.300. The van der Waals surface area contributed by atoms with Crippen molar-refractivity contribution in [3.05, 3.63) is 101 Å². The van der Waals surface area contributed by atoms with Gasteiger partial charge in [-0.1, -0.05) is 60.7 Å². The van der Waals surface area contributed by atoms with Crippen molar-refractivity contribution in [3.63, 3.8) is 0 Å². The molecule has 2 N–H and O–H groups in total. The zero-order valence-corrected chi connectivity index (χ0v) is 21.0. The van der Waals surface area contributed by atoms with E-state index in [-0.39, 0.29) is 5.82 Å². The molecule has 2 atom stereocenters. The van der Waals surface area contributed by atoms with E-state index in [2.05, 4.69) is 75.6 Å². The summed E-state index contributed by atoms with van der Waals surface area (Å²) in [6.07, 6.45) is 0.839. The number of carbonyl (C=O) groups is 1. The third-order valence-electron chi connectivity index (χ3n) is 7.54. The second-order valence-corrected chi connectivity index (χ2v) is 10.2. The molecule has 0 spiro atoms. The number of rotatable bonds is 7. The Hall–Kier alpha value is -3.81. The van der Waals surface area contributed by atoms with Crippen LogP contribution in [0.15, 0.2) is 72.8 Å². The molecule has 2 aliphatic heterocycles. The van der Waals surface area contributed by atoms with Gasteiger partial charge in [0.15, 0.2) is 0 Å². The Morgan fingerprint density at radius 1 is 0.865 bits per heavy atom. The van der Waals surface area contributed by atoms with E-state index < -0.39 is 5.91 Å². The van der Waals surface area contributed by atoms with Crippen LogP contribution in [0.25, 0.3) is 16.8 Å². The maximum Gasteiger partial charge on any atom is 0.288 e. The minimum absolute atomic E-state index is 0.0283. The van der Waals surface area contributed by atoms with Gasteiger partial charge in [0.1, 0.15) is 5.82 Å². The van der Waals surface area contributed by atoms with E-state index in [4.69, 9.17) is 10.5 Å². The fourth-order valence-electron chi connectivity index (χ4n) is 5.52. The summed E-state index contributed by atoms with van der Waals surface area (Å²) in [5.41, 5.74) is 12.4. The molecule has 2 aliphatic rings. The number of nitrogens with zero attached hydrogens (tertiary/aromatic N) is 4. The Morgan fingerprint density at radius 3 is 1.95 bits per heavy atom. The van der Waals surface area contributed by atoms with Crippen LogP contribution >= 0.6 is 0 Å². The van der Waals surface area contributed by atoms with Gasteiger partial charge in [-0.05, 0) is 53.3 Å². The molecule has 3 aromatic carbocycles. The van der Waals surface area contributed by atoms with Crippen LogP contribution in [-0.2, 0) is 17.7 Å². The van der Waals surface area contributed by atoms with Gasteiger partial charge in [0.25, 0.3) is 5.91 Å².